The number of anilines is 1. The summed E-state index contributed by atoms with van der Waals surface area (Å²) in [6, 6.07) is 2.16. The highest BCUT2D eigenvalue weighted by Crippen LogP contribution is 2.54. The summed E-state index contributed by atoms with van der Waals surface area (Å²) in [4.78, 5) is 27.8. The minimum Gasteiger partial charge on any atom is -0.274 e. The van der Waals surface area contributed by atoms with E-state index in [9.17, 15) is 14.9 Å². The van der Waals surface area contributed by atoms with Gasteiger partial charge in [-0.05, 0) is 37.7 Å². The number of hydrogen-bond donors (Lipinski definition) is 0. The molecule has 5 heteroatoms. The van der Waals surface area contributed by atoms with Crippen molar-refractivity contribution < 1.29 is 9.59 Å². The van der Waals surface area contributed by atoms with Crippen LogP contribution in [0.1, 0.15) is 22.4 Å². The Labute approximate surface area is 126 Å². The first-order valence-electron chi connectivity index (χ1n) is 7.10. The maximum Gasteiger partial charge on any atom is 0.238 e. The Balaban J connectivity index is 1.82. The van der Waals surface area contributed by atoms with Gasteiger partial charge in [0.2, 0.25) is 11.8 Å². The zero-order valence-electron chi connectivity index (χ0n) is 11.8. The molecule has 0 unspecified atom stereocenters. The molecule has 1 aromatic rings. The van der Waals surface area contributed by atoms with Crippen molar-refractivity contribution in [3.05, 3.63) is 28.2 Å². The molecule has 21 heavy (non-hydrogen) atoms. The number of nitrogens with zero attached hydrogens (tertiary/aromatic N) is 2. The summed E-state index contributed by atoms with van der Waals surface area (Å²) >= 11 is 1.37. The fourth-order valence-electron chi connectivity index (χ4n) is 4.00. The second kappa shape index (κ2) is 4.05. The fourth-order valence-corrected chi connectivity index (χ4v) is 5.12. The molecule has 4 nitrogen and oxygen atoms in total. The van der Waals surface area contributed by atoms with Gasteiger partial charge < -0.3 is 0 Å². The molecule has 2 fully saturated rings. The van der Waals surface area contributed by atoms with Crippen molar-refractivity contribution in [1.29, 1.82) is 5.26 Å². The number of thiophene rings is 1. The van der Waals surface area contributed by atoms with Gasteiger partial charge in [0.15, 0.2) is 0 Å². The number of nitriles is 1. The predicted molar refractivity (Wildman–Crippen MR) is 78.7 cm³/mol. The van der Waals surface area contributed by atoms with Crippen molar-refractivity contribution in [3.63, 3.8) is 0 Å². The molecule has 1 aromatic heterocycles. The van der Waals surface area contributed by atoms with Crippen LogP contribution in [0.5, 0.6) is 0 Å². The van der Waals surface area contributed by atoms with Gasteiger partial charge in [-0.25, -0.2) is 4.90 Å². The highest BCUT2D eigenvalue weighted by molar-refractivity contribution is 7.17. The molecule has 2 amide bonds. The second-order valence-electron chi connectivity index (χ2n) is 6.09. The van der Waals surface area contributed by atoms with Gasteiger partial charge in [-0.3, -0.25) is 9.59 Å². The van der Waals surface area contributed by atoms with Crippen LogP contribution in [0.25, 0.3) is 0 Å². The molecule has 2 heterocycles. The smallest absolute Gasteiger partial charge is 0.238 e. The van der Waals surface area contributed by atoms with Crippen molar-refractivity contribution in [2.75, 3.05) is 4.90 Å². The zero-order valence-corrected chi connectivity index (χ0v) is 12.6. The van der Waals surface area contributed by atoms with E-state index in [0.29, 0.717) is 10.6 Å². The van der Waals surface area contributed by atoms with Crippen LogP contribution in [0.4, 0.5) is 5.00 Å². The van der Waals surface area contributed by atoms with Crippen LogP contribution in [0.2, 0.25) is 0 Å². The first-order chi connectivity index (χ1) is 10.0. The van der Waals surface area contributed by atoms with Crippen LogP contribution in [0, 0.1) is 48.9 Å². The zero-order chi connectivity index (χ0) is 14.9. The number of amides is 2. The van der Waals surface area contributed by atoms with Crippen LogP contribution < -0.4 is 4.90 Å². The number of rotatable bonds is 1. The van der Waals surface area contributed by atoms with Crippen molar-refractivity contribution in [1.82, 2.24) is 0 Å². The summed E-state index contributed by atoms with van der Waals surface area (Å²) in [6.07, 6.45) is 5.08. The van der Waals surface area contributed by atoms with Crippen LogP contribution in [-0.4, -0.2) is 11.8 Å². The Kier molecular flexibility index (Phi) is 2.46. The monoisotopic (exact) mass is 298 g/mol. The van der Waals surface area contributed by atoms with Gasteiger partial charge in [-0.15, -0.1) is 11.3 Å². The Hall–Kier alpha value is -1.93. The number of carbonyl (C=O) groups is 2. The van der Waals surface area contributed by atoms with Crippen molar-refractivity contribution in [2.24, 2.45) is 23.7 Å². The average Bonchev–Trinajstić information content (AvgIpc) is 3.17. The summed E-state index contributed by atoms with van der Waals surface area (Å²) < 4.78 is 0. The molecule has 106 valence electrons. The maximum atomic E-state index is 12.7. The van der Waals surface area contributed by atoms with E-state index < -0.39 is 0 Å². The van der Waals surface area contributed by atoms with Crippen LogP contribution in [0.15, 0.2) is 12.2 Å². The Morgan fingerprint density at radius 3 is 2.29 bits per heavy atom. The lowest BCUT2D eigenvalue weighted by molar-refractivity contribution is -0.123. The standard InChI is InChI=1S/C16H14N2O2S/c1-7-8(2)21-16(11(7)6-17)18-14(19)12-9-3-4-10(5-9)13(12)15(18)20/h3-4,9-10,12-13H,5H2,1-2H3/t9-,10+,12-,13-/m0/s1. The minimum atomic E-state index is -0.207. The van der Waals surface area contributed by atoms with E-state index in [1.54, 1.807) is 0 Å². The maximum absolute atomic E-state index is 12.7. The van der Waals surface area contributed by atoms with E-state index >= 15 is 0 Å². The van der Waals surface area contributed by atoms with E-state index in [1.165, 1.54) is 16.2 Å². The lowest BCUT2D eigenvalue weighted by Crippen LogP contribution is -2.32. The van der Waals surface area contributed by atoms with E-state index in [4.69, 9.17) is 0 Å². The van der Waals surface area contributed by atoms with E-state index in [1.807, 2.05) is 13.8 Å². The van der Waals surface area contributed by atoms with Gasteiger partial charge >= 0.3 is 0 Å². The third-order valence-electron chi connectivity index (χ3n) is 5.15. The molecule has 2 bridgehead atoms. The molecule has 3 aliphatic rings. The molecule has 0 aromatic carbocycles. The molecule has 0 N–H and O–H groups in total. The number of imide groups is 1. The summed E-state index contributed by atoms with van der Waals surface area (Å²) in [7, 11) is 0. The first-order valence-corrected chi connectivity index (χ1v) is 7.92. The van der Waals surface area contributed by atoms with Crippen molar-refractivity contribution >= 4 is 28.2 Å². The lowest BCUT2D eigenvalue weighted by Gasteiger charge is -2.15. The highest BCUT2D eigenvalue weighted by atomic mass is 32.1. The van der Waals surface area contributed by atoms with Gasteiger partial charge in [0.25, 0.3) is 0 Å². The van der Waals surface area contributed by atoms with Gasteiger partial charge in [0.1, 0.15) is 11.1 Å². The predicted octanol–water partition coefficient (Wildman–Crippen LogP) is 2.55. The number of fused-ring (bicyclic) bond motifs is 5. The Bertz CT molecular complexity index is 725. The summed E-state index contributed by atoms with van der Waals surface area (Å²) in [5, 5.41) is 9.88. The highest BCUT2D eigenvalue weighted by Gasteiger charge is 2.60. The second-order valence-corrected chi connectivity index (χ2v) is 7.29. The normalized spacial score (nSPS) is 32.9. The molecule has 4 atom stereocenters. The average molecular weight is 298 g/mol. The third kappa shape index (κ3) is 1.43. The first kappa shape index (κ1) is 12.8. The molecular formula is C16H14N2O2S. The van der Waals surface area contributed by atoms with Gasteiger partial charge in [-0.1, -0.05) is 12.2 Å². The van der Waals surface area contributed by atoms with Crippen molar-refractivity contribution in [3.8, 4) is 6.07 Å². The molecular weight excluding hydrogens is 284 g/mol. The van der Waals surface area contributed by atoms with E-state index in [2.05, 4.69) is 18.2 Å². The SMILES string of the molecule is Cc1sc(N2C(=O)[C@@H]3[C@@H](C2=O)[C@H]2C=C[C@@H]3C2)c(C#N)c1C. The summed E-state index contributed by atoms with van der Waals surface area (Å²) in [5.41, 5.74) is 1.34. The van der Waals surface area contributed by atoms with E-state index in [-0.39, 0.29) is 35.5 Å². The Morgan fingerprint density at radius 2 is 1.76 bits per heavy atom. The molecule has 2 aliphatic carbocycles. The third-order valence-corrected chi connectivity index (χ3v) is 6.34. The molecule has 4 rings (SSSR count). The molecule has 0 spiro atoms. The number of allylic oxidation sites excluding steroid dienone is 2. The summed E-state index contributed by atoms with van der Waals surface area (Å²) in [6.45, 7) is 3.78. The molecule has 1 saturated heterocycles. The lowest BCUT2D eigenvalue weighted by atomic mass is 9.85. The number of aryl methyl sites for hydroxylation is 1. The van der Waals surface area contributed by atoms with Crippen LogP contribution >= 0.6 is 11.3 Å². The van der Waals surface area contributed by atoms with Crippen molar-refractivity contribution in [2.45, 2.75) is 20.3 Å². The molecule has 1 saturated carbocycles. The van der Waals surface area contributed by atoms with Crippen LogP contribution in [0.3, 0.4) is 0 Å². The Morgan fingerprint density at radius 1 is 1.19 bits per heavy atom. The van der Waals surface area contributed by atoms with Gasteiger partial charge in [0.05, 0.1) is 17.4 Å². The minimum absolute atomic E-state index is 0.111. The summed E-state index contributed by atoms with van der Waals surface area (Å²) in [5.74, 6) is -0.231. The fraction of sp³-hybridized carbons (Fsp3) is 0.438. The van der Waals surface area contributed by atoms with E-state index in [0.717, 1.165) is 16.9 Å². The molecule has 0 radical (unpaired) electrons. The number of hydrogen-bond acceptors (Lipinski definition) is 4. The van der Waals surface area contributed by atoms with Gasteiger partial charge in [-0.2, -0.15) is 5.26 Å². The molecule has 1 aliphatic heterocycles. The number of carbonyl (C=O) groups excluding carboxylic acids is 2. The van der Waals surface area contributed by atoms with Crippen LogP contribution in [-0.2, 0) is 9.59 Å². The largest absolute Gasteiger partial charge is 0.274 e. The quantitative estimate of drug-likeness (QED) is 0.591. The topological polar surface area (TPSA) is 61.2 Å². The van der Waals surface area contributed by atoms with Gasteiger partial charge in [0, 0.05) is 4.88 Å².